The zero-order valence-electron chi connectivity index (χ0n) is 11.1. The van der Waals surface area contributed by atoms with Gasteiger partial charge in [-0.05, 0) is 43.6 Å². The van der Waals surface area contributed by atoms with E-state index in [1.54, 1.807) is 0 Å². The Balaban J connectivity index is 2.59. The van der Waals surface area contributed by atoms with E-state index >= 15 is 0 Å². The third-order valence-electron chi connectivity index (χ3n) is 4.19. The first-order valence-corrected chi connectivity index (χ1v) is 6.88. The van der Waals surface area contributed by atoms with E-state index in [-0.39, 0.29) is 0 Å². The van der Waals surface area contributed by atoms with Gasteiger partial charge in [-0.25, -0.2) is 0 Å². The highest BCUT2D eigenvalue weighted by atomic mass is 15.0. The Morgan fingerprint density at radius 1 is 1.33 bits per heavy atom. The molecule has 0 radical (unpaired) electrons. The molecule has 1 fully saturated rings. The molecule has 2 unspecified atom stereocenters. The van der Waals surface area contributed by atoms with E-state index in [9.17, 15) is 0 Å². The van der Waals surface area contributed by atoms with Gasteiger partial charge in [0.05, 0.1) is 0 Å². The summed E-state index contributed by atoms with van der Waals surface area (Å²) < 4.78 is 0. The molecule has 0 bridgehead atoms. The fraction of sp³-hybridized carbons (Fsp3) is 1.00. The lowest BCUT2D eigenvalue weighted by molar-refractivity contribution is 0.189. The first-order chi connectivity index (χ1) is 7.14. The third kappa shape index (κ3) is 3.21. The van der Waals surface area contributed by atoms with Crippen LogP contribution >= 0.6 is 0 Å². The fourth-order valence-electron chi connectivity index (χ4n) is 3.12. The van der Waals surface area contributed by atoms with Gasteiger partial charge < -0.3 is 5.32 Å². The van der Waals surface area contributed by atoms with Crippen LogP contribution in [0.15, 0.2) is 0 Å². The summed E-state index contributed by atoms with van der Waals surface area (Å²) in [7, 11) is 0. The van der Waals surface area contributed by atoms with E-state index in [2.05, 4.69) is 33.0 Å². The lowest BCUT2D eigenvalue weighted by atomic mass is 9.72. The monoisotopic (exact) mass is 211 g/mol. The zero-order chi connectivity index (χ0) is 11.3. The average Bonchev–Trinajstić information content (AvgIpc) is 2.58. The third-order valence-corrected chi connectivity index (χ3v) is 4.19. The van der Waals surface area contributed by atoms with E-state index in [0.717, 1.165) is 12.0 Å². The maximum Gasteiger partial charge on any atom is 0.0126 e. The van der Waals surface area contributed by atoms with Crippen LogP contribution in [0.5, 0.6) is 0 Å². The number of unbranched alkanes of at least 4 members (excludes halogenated alkanes) is 1. The summed E-state index contributed by atoms with van der Waals surface area (Å²) in [5, 5.41) is 3.74. The van der Waals surface area contributed by atoms with Crippen LogP contribution in [0.4, 0.5) is 0 Å². The molecule has 0 spiro atoms. The van der Waals surface area contributed by atoms with E-state index in [1.807, 2.05) is 0 Å². The summed E-state index contributed by atoms with van der Waals surface area (Å²) in [4.78, 5) is 0. The minimum Gasteiger partial charge on any atom is -0.313 e. The molecule has 0 saturated carbocycles. The molecule has 0 aromatic heterocycles. The number of rotatable bonds is 6. The van der Waals surface area contributed by atoms with Gasteiger partial charge in [0.25, 0.3) is 0 Å². The van der Waals surface area contributed by atoms with Gasteiger partial charge in [-0.15, -0.1) is 0 Å². The van der Waals surface area contributed by atoms with Crippen molar-refractivity contribution in [2.75, 3.05) is 6.54 Å². The summed E-state index contributed by atoms with van der Waals surface area (Å²) in [5.74, 6) is 0.827. The molecule has 15 heavy (non-hydrogen) atoms. The van der Waals surface area contributed by atoms with E-state index in [1.165, 1.54) is 45.1 Å². The largest absolute Gasteiger partial charge is 0.313 e. The summed E-state index contributed by atoms with van der Waals surface area (Å²) in [6.45, 7) is 10.6. The minimum absolute atomic E-state index is 0.625. The SMILES string of the molecule is CCCCC1(CC)CCNC1CC(C)C. The van der Waals surface area contributed by atoms with Crippen LogP contribution in [0.1, 0.15) is 66.2 Å². The van der Waals surface area contributed by atoms with Crippen LogP contribution < -0.4 is 5.32 Å². The molecule has 1 aliphatic rings. The van der Waals surface area contributed by atoms with Gasteiger partial charge in [0.2, 0.25) is 0 Å². The van der Waals surface area contributed by atoms with Gasteiger partial charge in [0.15, 0.2) is 0 Å². The summed E-state index contributed by atoms with van der Waals surface area (Å²) in [5.41, 5.74) is 0.625. The van der Waals surface area contributed by atoms with Gasteiger partial charge in [-0.2, -0.15) is 0 Å². The quantitative estimate of drug-likeness (QED) is 0.700. The van der Waals surface area contributed by atoms with Crippen LogP contribution in [0.25, 0.3) is 0 Å². The molecule has 0 aliphatic carbocycles. The second kappa shape index (κ2) is 5.89. The molecule has 0 amide bonds. The fourth-order valence-corrected chi connectivity index (χ4v) is 3.12. The number of hydrogen-bond acceptors (Lipinski definition) is 1. The summed E-state index contributed by atoms with van der Waals surface area (Å²) in [6.07, 6.45) is 8.31. The Bertz CT molecular complexity index is 176. The normalized spacial score (nSPS) is 31.4. The second-order valence-corrected chi connectivity index (χ2v) is 5.71. The van der Waals surface area contributed by atoms with Gasteiger partial charge in [0.1, 0.15) is 0 Å². The molecule has 1 rings (SSSR count). The Hall–Kier alpha value is -0.0400. The first-order valence-electron chi connectivity index (χ1n) is 6.88. The van der Waals surface area contributed by atoms with Gasteiger partial charge in [0, 0.05) is 6.04 Å². The minimum atomic E-state index is 0.625. The lowest BCUT2D eigenvalue weighted by Gasteiger charge is -2.35. The highest BCUT2D eigenvalue weighted by Crippen LogP contribution is 2.42. The highest BCUT2D eigenvalue weighted by Gasteiger charge is 2.40. The van der Waals surface area contributed by atoms with Crippen molar-refractivity contribution >= 4 is 0 Å². The standard InChI is InChI=1S/C14H29N/c1-5-7-8-14(6-2)9-10-15-13(14)11-12(3)4/h12-13,15H,5-11H2,1-4H3. The zero-order valence-corrected chi connectivity index (χ0v) is 11.1. The molecule has 1 N–H and O–H groups in total. The van der Waals surface area contributed by atoms with Crippen LogP contribution in [-0.4, -0.2) is 12.6 Å². The maximum absolute atomic E-state index is 3.74. The van der Waals surface area contributed by atoms with Crippen LogP contribution in [0.3, 0.4) is 0 Å². The van der Waals surface area contributed by atoms with Crippen LogP contribution in [0.2, 0.25) is 0 Å². The molecule has 1 aliphatic heterocycles. The lowest BCUT2D eigenvalue weighted by Crippen LogP contribution is -2.37. The summed E-state index contributed by atoms with van der Waals surface area (Å²) in [6, 6.07) is 0.786. The molecule has 0 aromatic rings. The predicted octanol–water partition coefficient (Wildman–Crippen LogP) is 3.98. The topological polar surface area (TPSA) is 12.0 Å². The highest BCUT2D eigenvalue weighted by molar-refractivity contribution is 4.96. The van der Waals surface area contributed by atoms with Crippen molar-refractivity contribution in [3.05, 3.63) is 0 Å². The Morgan fingerprint density at radius 3 is 2.60 bits per heavy atom. The van der Waals surface area contributed by atoms with Gasteiger partial charge >= 0.3 is 0 Å². The van der Waals surface area contributed by atoms with E-state index in [4.69, 9.17) is 0 Å². The van der Waals surface area contributed by atoms with Crippen LogP contribution in [0, 0.1) is 11.3 Å². The average molecular weight is 211 g/mol. The Kier molecular flexibility index (Phi) is 5.11. The summed E-state index contributed by atoms with van der Waals surface area (Å²) >= 11 is 0. The Labute approximate surface area is 96.0 Å². The number of nitrogens with one attached hydrogen (secondary N) is 1. The molecule has 1 heterocycles. The van der Waals surface area contributed by atoms with E-state index in [0.29, 0.717) is 5.41 Å². The molecular formula is C14H29N. The van der Waals surface area contributed by atoms with Gasteiger partial charge in [-0.3, -0.25) is 0 Å². The van der Waals surface area contributed by atoms with Gasteiger partial charge in [-0.1, -0.05) is 40.5 Å². The molecule has 1 heteroatoms. The second-order valence-electron chi connectivity index (χ2n) is 5.71. The van der Waals surface area contributed by atoms with Crippen molar-refractivity contribution in [1.82, 2.24) is 5.32 Å². The predicted molar refractivity (Wildman–Crippen MR) is 68.1 cm³/mol. The smallest absolute Gasteiger partial charge is 0.0126 e. The van der Waals surface area contributed by atoms with Crippen molar-refractivity contribution < 1.29 is 0 Å². The van der Waals surface area contributed by atoms with E-state index < -0.39 is 0 Å². The molecule has 2 atom stereocenters. The number of hydrogen-bond donors (Lipinski definition) is 1. The molecular weight excluding hydrogens is 182 g/mol. The van der Waals surface area contributed by atoms with Crippen molar-refractivity contribution in [3.8, 4) is 0 Å². The molecule has 1 nitrogen and oxygen atoms in total. The van der Waals surface area contributed by atoms with Crippen LogP contribution in [-0.2, 0) is 0 Å². The van der Waals surface area contributed by atoms with Crippen molar-refractivity contribution in [1.29, 1.82) is 0 Å². The maximum atomic E-state index is 3.74. The van der Waals surface area contributed by atoms with Crippen molar-refractivity contribution in [2.45, 2.75) is 72.3 Å². The van der Waals surface area contributed by atoms with Crippen molar-refractivity contribution in [2.24, 2.45) is 11.3 Å². The molecule has 1 saturated heterocycles. The molecule has 90 valence electrons. The first kappa shape index (κ1) is 13.0. The molecule has 0 aromatic carbocycles. The Morgan fingerprint density at radius 2 is 2.07 bits per heavy atom. The van der Waals surface area contributed by atoms with Crippen molar-refractivity contribution in [3.63, 3.8) is 0 Å².